The second kappa shape index (κ2) is 6.13. The molecule has 0 aliphatic carbocycles. The maximum Gasteiger partial charge on any atom is 0.294 e. The topological polar surface area (TPSA) is 105 Å². The lowest BCUT2D eigenvalue weighted by molar-refractivity contribution is -0.760. The normalized spacial score (nSPS) is 9.00. The number of rotatable bonds is 7. The van der Waals surface area contributed by atoms with E-state index in [0.717, 1.165) is 0 Å². The maximum absolute atomic E-state index is 9.58. The van der Waals surface area contributed by atoms with Crippen LogP contribution in [0.15, 0.2) is 0 Å². The Balaban J connectivity index is 3.01. The quantitative estimate of drug-likeness (QED) is 0.314. The molecule has 0 aromatic heterocycles. The zero-order valence-corrected chi connectivity index (χ0v) is 6.17. The van der Waals surface area contributed by atoms with Gasteiger partial charge in [0.1, 0.15) is 0 Å². The first-order chi connectivity index (χ1) is 5.63. The third-order valence-corrected chi connectivity index (χ3v) is 0.932. The molecular formula is C4H8N2O6. The van der Waals surface area contributed by atoms with Gasteiger partial charge in [-0.1, -0.05) is 0 Å². The summed E-state index contributed by atoms with van der Waals surface area (Å²) < 4.78 is 0. The van der Waals surface area contributed by atoms with Crippen molar-refractivity contribution in [3.63, 3.8) is 0 Å². The number of nitrogens with zero attached hydrogens (tertiary/aromatic N) is 2. The van der Waals surface area contributed by atoms with E-state index >= 15 is 0 Å². The molecular weight excluding hydrogens is 172 g/mol. The molecule has 0 rings (SSSR count). The first-order valence-corrected chi connectivity index (χ1v) is 3.17. The third-order valence-electron chi connectivity index (χ3n) is 0.932. The van der Waals surface area contributed by atoms with Gasteiger partial charge in [0.25, 0.3) is 10.2 Å². The standard InChI is InChI=1S/C4H8N2O6/c7-5(8)11-3-1-2-4-12-6(9)10/h1-4H2. The van der Waals surface area contributed by atoms with E-state index in [1.54, 1.807) is 0 Å². The third kappa shape index (κ3) is 8.40. The van der Waals surface area contributed by atoms with E-state index in [0.29, 0.717) is 12.8 Å². The zero-order valence-electron chi connectivity index (χ0n) is 6.17. The minimum Gasteiger partial charge on any atom is -0.314 e. The summed E-state index contributed by atoms with van der Waals surface area (Å²) >= 11 is 0. The average molecular weight is 180 g/mol. The Morgan fingerprint density at radius 1 is 0.917 bits per heavy atom. The molecule has 8 heteroatoms. The highest BCUT2D eigenvalue weighted by molar-refractivity contribution is 4.33. The molecule has 0 saturated carbocycles. The summed E-state index contributed by atoms with van der Waals surface area (Å²) in [5.41, 5.74) is 0. The van der Waals surface area contributed by atoms with Gasteiger partial charge < -0.3 is 9.68 Å². The summed E-state index contributed by atoms with van der Waals surface area (Å²) in [5.74, 6) is 0. The lowest BCUT2D eigenvalue weighted by Gasteiger charge is -1.98. The Bertz CT molecular complexity index is 142. The van der Waals surface area contributed by atoms with Crippen LogP contribution in [-0.2, 0) is 9.68 Å². The van der Waals surface area contributed by atoms with Crippen LogP contribution in [0.2, 0.25) is 0 Å². The van der Waals surface area contributed by atoms with Gasteiger partial charge in [0, 0.05) is 0 Å². The molecule has 0 radical (unpaired) electrons. The van der Waals surface area contributed by atoms with E-state index in [9.17, 15) is 20.2 Å². The van der Waals surface area contributed by atoms with Crippen LogP contribution in [-0.4, -0.2) is 23.4 Å². The van der Waals surface area contributed by atoms with Crippen LogP contribution >= 0.6 is 0 Å². The molecule has 0 heterocycles. The molecule has 12 heavy (non-hydrogen) atoms. The molecule has 0 aromatic carbocycles. The van der Waals surface area contributed by atoms with E-state index in [4.69, 9.17) is 0 Å². The second-order valence-corrected chi connectivity index (χ2v) is 1.82. The highest BCUT2D eigenvalue weighted by Gasteiger charge is 1.96. The molecule has 0 spiro atoms. The summed E-state index contributed by atoms with van der Waals surface area (Å²) in [5, 5.41) is 17.4. The number of hydrogen-bond acceptors (Lipinski definition) is 6. The minimum atomic E-state index is -0.908. The summed E-state index contributed by atoms with van der Waals surface area (Å²) in [7, 11) is 0. The lowest BCUT2D eigenvalue weighted by Crippen LogP contribution is -2.05. The predicted octanol–water partition coefficient (Wildman–Crippen LogP) is 0.183. The van der Waals surface area contributed by atoms with E-state index < -0.39 is 10.2 Å². The van der Waals surface area contributed by atoms with Gasteiger partial charge in [-0.15, -0.1) is 20.2 Å². The largest absolute Gasteiger partial charge is 0.314 e. The maximum atomic E-state index is 9.58. The van der Waals surface area contributed by atoms with Crippen LogP contribution in [0.1, 0.15) is 12.8 Å². The lowest BCUT2D eigenvalue weighted by atomic mass is 10.3. The fourth-order valence-corrected chi connectivity index (χ4v) is 0.482. The van der Waals surface area contributed by atoms with E-state index in [1.807, 2.05) is 0 Å². The summed E-state index contributed by atoms with van der Waals surface area (Å²) in [6.07, 6.45) is 0.712. The van der Waals surface area contributed by atoms with E-state index in [1.165, 1.54) is 0 Å². The van der Waals surface area contributed by atoms with Gasteiger partial charge in [0.2, 0.25) is 0 Å². The Morgan fingerprint density at radius 2 is 1.25 bits per heavy atom. The molecule has 0 aliphatic rings. The summed E-state index contributed by atoms with van der Waals surface area (Å²) in [4.78, 5) is 27.1. The van der Waals surface area contributed by atoms with Crippen LogP contribution in [0.25, 0.3) is 0 Å². The van der Waals surface area contributed by atoms with E-state index in [-0.39, 0.29) is 13.2 Å². The smallest absolute Gasteiger partial charge is 0.294 e. The van der Waals surface area contributed by atoms with Crippen LogP contribution in [0.4, 0.5) is 0 Å². The van der Waals surface area contributed by atoms with Crippen LogP contribution in [0, 0.1) is 20.2 Å². The SMILES string of the molecule is O=[N+]([O-])OCCCCO[N+](=O)[O-]. The molecule has 0 fully saturated rings. The van der Waals surface area contributed by atoms with Crippen molar-refractivity contribution in [2.75, 3.05) is 13.2 Å². The van der Waals surface area contributed by atoms with Gasteiger partial charge >= 0.3 is 0 Å². The van der Waals surface area contributed by atoms with Crippen molar-refractivity contribution in [2.45, 2.75) is 12.8 Å². The summed E-state index contributed by atoms with van der Waals surface area (Å²) in [6.45, 7) is -0.123. The Hall–Kier alpha value is -1.60. The van der Waals surface area contributed by atoms with Crippen molar-refractivity contribution >= 4 is 0 Å². The van der Waals surface area contributed by atoms with Crippen molar-refractivity contribution in [3.8, 4) is 0 Å². The molecule has 8 nitrogen and oxygen atoms in total. The molecule has 0 saturated heterocycles. The molecule has 0 aromatic rings. The highest BCUT2D eigenvalue weighted by Crippen LogP contribution is 1.91. The van der Waals surface area contributed by atoms with Crippen molar-refractivity contribution < 1.29 is 19.8 Å². The minimum absolute atomic E-state index is 0.0614. The first-order valence-electron chi connectivity index (χ1n) is 3.17. The molecule has 0 amide bonds. The Labute approximate surface area is 67.3 Å². The fraction of sp³-hybridized carbons (Fsp3) is 1.00. The van der Waals surface area contributed by atoms with Gasteiger partial charge in [-0.25, -0.2) is 0 Å². The van der Waals surface area contributed by atoms with Gasteiger partial charge in [0.15, 0.2) is 0 Å². The van der Waals surface area contributed by atoms with Crippen molar-refractivity contribution in [2.24, 2.45) is 0 Å². The fourth-order valence-electron chi connectivity index (χ4n) is 0.482. The molecule has 0 N–H and O–H groups in total. The number of hydrogen-bond donors (Lipinski definition) is 0. The van der Waals surface area contributed by atoms with Crippen LogP contribution in [0.3, 0.4) is 0 Å². The molecule has 70 valence electrons. The highest BCUT2D eigenvalue weighted by atomic mass is 17.0. The average Bonchev–Trinajstić information content (AvgIpc) is 1.95. The Kier molecular flexibility index (Phi) is 5.31. The first kappa shape index (κ1) is 10.4. The molecule has 0 bridgehead atoms. The van der Waals surface area contributed by atoms with Crippen molar-refractivity contribution in [3.05, 3.63) is 20.2 Å². The molecule has 0 aliphatic heterocycles. The van der Waals surface area contributed by atoms with Crippen LogP contribution < -0.4 is 0 Å². The Morgan fingerprint density at radius 3 is 1.50 bits per heavy atom. The number of unbranched alkanes of at least 4 members (excludes halogenated alkanes) is 1. The van der Waals surface area contributed by atoms with Crippen molar-refractivity contribution in [1.82, 2.24) is 0 Å². The summed E-state index contributed by atoms with van der Waals surface area (Å²) in [6, 6.07) is 0. The van der Waals surface area contributed by atoms with Gasteiger partial charge in [0.05, 0.1) is 13.2 Å². The monoisotopic (exact) mass is 180 g/mol. The molecule has 0 atom stereocenters. The van der Waals surface area contributed by atoms with Gasteiger partial charge in [-0.3, -0.25) is 0 Å². The van der Waals surface area contributed by atoms with Crippen LogP contribution in [0.5, 0.6) is 0 Å². The predicted molar refractivity (Wildman–Crippen MR) is 35.1 cm³/mol. The van der Waals surface area contributed by atoms with Crippen molar-refractivity contribution in [1.29, 1.82) is 0 Å². The van der Waals surface area contributed by atoms with E-state index in [2.05, 4.69) is 9.68 Å². The zero-order chi connectivity index (χ0) is 9.40. The molecule has 0 unspecified atom stereocenters. The second-order valence-electron chi connectivity index (χ2n) is 1.82. The van der Waals surface area contributed by atoms with Gasteiger partial charge in [-0.05, 0) is 12.8 Å². The van der Waals surface area contributed by atoms with Gasteiger partial charge in [-0.2, -0.15) is 0 Å².